The van der Waals surface area contributed by atoms with Crippen LogP contribution in [0.15, 0.2) is 60.7 Å². The number of aromatic nitrogens is 1. The van der Waals surface area contributed by atoms with Gasteiger partial charge in [-0.15, -0.1) is 11.3 Å². The zero-order valence-corrected chi connectivity index (χ0v) is 15.9. The van der Waals surface area contributed by atoms with Crippen LogP contribution in [0.4, 0.5) is 0 Å². The molecule has 4 aromatic rings. The third-order valence-corrected chi connectivity index (χ3v) is 5.43. The Hall–Kier alpha value is -3.38. The fourth-order valence-electron chi connectivity index (χ4n) is 3.04. The summed E-state index contributed by atoms with van der Waals surface area (Å²) in [5.41, 5.74) is 2.83. The summed E-state index contributed by atoms with van der Waals surface area (Å²) in [7, 11) is 0. The summed E-state index contributed by atoms with van der Waals surface area (Å²) in [6, 6.07) is 18.7. The van der Waals surface area contributed by atoms with Crippen molar-refractivity contribution in [1.82, 2.24) is 4.98 Å². The lowest BCUT2D eigenvalue weighted by Gasteiger charge is -2.13. The molecule has 0 amide bonds. The van der Waals surface area contributed by atoms with Crippen molar-refractivity contribution in [2.45, 2.75) is 13.5 Å². The van der Waals surface area contributed by atoms with Gasteiger partial charge in [0.2, 0.25) is 0 Å². The lowest BCUT2D eigenvalue weighted by atomic mass is 10.1. The zero-order valence-electron chi connectivity index (χ0n) is 15.0. The molecule has 0 aliphatic carbocycles. The second-order valence-corrected chi connectivity index (χ2v) is 7.43. The minimum Gasteiger partial charge on any atom is -0.507 e. The molecule has 1 aromatic heterocycles. The molecule has 0 atom stereocenters. The van der Waals surface area contributed by atoms with Gasteiger partial charge in [-0.05, 0) is 48.9 Å². The Labute approximate surface area is 165 Å². The molecule has 5 nitrogen and oxygen atoms in total. The highest BCUT2D eigenvalue weighted by Crippen LogP contribution is 2.36. The highest BCUT2D eigenvalue weighted by atomic mass is 32.1. The number of nitrogens with zero attached hydrogens (tertiary/aromatic N) is 1. The van der Waals surface area contributed by atoms with E-state index in [9.17, 15) is 15.0 Å². The van der Waals surface area contributed by atoms with Gasteiger partial charge in [-0.3, -0.25) is 0 Å². The van der Waals surface area contributed by atoms with E-state index in [1.807, 2.05) is 48.5 Å². The van der Waals surface area contributed by atoms with Crippen LogP contribution in [0.3, 0.4) is 0 Å². The Kier molecular flexibility index (Phi) is 4.71. The molecular weight excluding hydrogens is 374 g/mol. The molecule has 0 saturated carbocycles. The first-order valence-electron chi connectivity index (χ1n) is 8.66. The van der Waals surface area contributed by atoms with E-state index in [2.05, 4.69) is 4.98 Å². The van der Waals surface area contributed by atoms with E-state index in [-0.39, 0.29) is 17.9 Å². The number of aromatic carboxylic acids is 1. The maximum Gasteiger partial charge on any atom is 0.339 e. The molecule has 0 aliphatic rings. The summed E-state index contributed by atoms with van der Waals surface area (Å²) in [5.74, 6) is -0.813. The molecule has 4 rings (SSSR count). The fourth-order valence-corrected chi connectivity index (χ4v) is 4.03. The van der Waals surface area contributed by atoms with Gasteiger partial charge in [0.1, 0.15) is 28.7 Å². The van der Waals surface area contributed by atoms with E-state index >= 15 is 0 Å². The van der Waals surface area contributed by atoms with Gasteiger partial charge in [-0.25, -0.2) is 9.78 Å². The van der Waals surface area contributed by atoms with Crippen LogP contribution in [-0.2, 0) is 6.61 Å². The van der Waals surface area contributed by atoms with Crippen molar-refractivity contribution >= 4 is 27.5 Å². The van der Waals surface area contributed by atoms with Crippen molar-refractivity contribution < 1.29 is 19.7 Å². The average molecular weight is 391 g/mol. The SMILES string of the molecule is Cc1cc(COc2ccccc2-c2nc3ccccc3s2)c(O)c(C(=O)O)c1. The van der Waals surface area contributed by atoms with Crippen molar-refractivity contribution in [2.75, 3.05) is 0 Å². The Balaban J connectivity index is 1.66. The molecule has 6 heteroatoms. The van der Waals surface area contributed by atoms with Gasteiger partial charge in [0.15, 0.2) is 0 Å². The molecule has 0 unspecified atom stereocenters. The molecule has 1 heterocycles. The minimum atomic E-state index is -1.17. The van der Waals surface area contributed by atoms with Crippen LogP contribution in [0.2, 0.25) is 0 Å². The fraction of sp³-hybridized carbons (Fsp3) is 0.0909. The Morgan fingerprint density at radius 2 is 1.86 bits per heavy atom. The monoisotopic (exact) mass is 391 g/mol. The zero-order chi connectivity index (χ0) is 19.7. The van der Waals surface area contributed by atoms with Crippen LogP contribution in [0.1, 0.15) is 21.5 Å². The Morgan fingerprint density at radius 1 is 1.11 bits per heavy atom. The summed E-state index contributed by atoms with van der Waals surface area (Å²) in [6.45, 7) is 1.83. The largest absolute Gasteiger partial charge is 0.507 e. The molecular formula is C22H17NO4S. The molecule has 0 radical (unpaired) electrons. The lowest BCUT2D eigenvalue weighted by molar-refractivity contribution is 0.0693. The number of aromatic hydroxyl groups is 1. The molecule has 28 heavy (non-hydrogen) atoms. The summed E-state index contributed by atoms with van der Waals surface area (Å²) < 4.78 is 7.05. The van der Waals surface area contributed by atoms with Crippen molar-refractivity contribution in [3.05, 3.63) is 77.4 Å². The van der Waals surface area contributed by atoms with Crippen molar-refractivity contribution in [1.29, 1.82) is 0 Å². The van der Waals surface area contributed by atoms with Crippen LogP contribution in [0.25, 0.3) is 20.8 Å². The van der Waals surface area contributed by atoms with Crippen LogP contribution >= 0.6 is 11.3 Å². The predicted octanol–water partition coefficient (Wildman–Crippen LogP) is 5.25. The number of ether oxygens (including phenoxy) is 1. The van der Waals surface area contributed by atoms with E-state index in [4.69, 9.17) is 4.74 Å². The molecule has 2 N–H and O–H groups in total. The lowest BCUT2D eigenvalue weighted by Crippen LogP contribution is -2.03. The molecule has 0 saturated heterocycles. The number of carboxylic acid groups (broad SMARTS) is 1. The first kappa shape index (κ1) is 18.0. The van der Waals surface area contributed by atoms with Crippen molar-refractivity contribution in [3.8, 4) is 22.1 Å². The van der Waals surface area contributed by atoms with Gasteiger partial charge in [-0.1, -0.05) is 24.3 Å². The van der Waals surface area contributed by atoms with Gasteiger partial charge in [0.05, 0.1) is 15.8 Å². The summed E-state index contributed by atoms with van der Waals surface area (Å²) >= 11 is 1.58. The number of benzene rings is 3. The van der Waals surface area contributed by atoms with Crippen molar-refractivity contribution in [3.63, 3.8) is 0 Å². The average Bonchev–Trinajstić information content (AvgIpc) is 3.12. The van der Waals surface area contributed by atoms with Gasteiger partial charge in [0.25, 0.3) is 0 Å². The van der Waals surface area contributed by atoms with Crippen molar-refractivity contribution in [2.24, 2.45) is 0 Å². The second-order valence-electron chi connectivity index (χ2n) is 6.40. The molecule has 0 fully saturated rings. The van der Waals surface area contributed by atoms with E-state index in [0.29, 0.717) is 11.3 Å². The minimum absolute atomic E-state index is 0.0513. The summed E-state index contributed by atoms with van der Waals surface area (Å²) in [4.78, 5) is 16.0. The topological polar surface area (TPSA) is 79.7 Å². The van der Waals surface area contributed by atoms with Crippen LogP contribution in [0.5, 0.6) is 11.5 Å². The third kappa shape index (κ3) is 3.42. The van der Waals surface area contributed by atoms with Crippen LogP contribution < -0.4 is 4.74 Å². The number of carboxylic acids is 1. The summed E-state index contributed by atoms with van der Waals surface area (Å²) in [6.07, 6.45) is 0. The van der Waals surface area contributed by atoms with Crippen LogP contribution in [0, 0.1) is 6.92 Å². The van der Waals surface area contributed by atoms with E-state index in [1.54, 1.807) is 24.3 Å². The number of phenols is 1. The number of rotatable bonds is 5. The number of hydrogen-bond donors (Lipinski definition) is 2. The van der Waals surface area contributed by atoms with Gasteiger partial charge in [-0.2, -0.15) is 0 Å². The van der Waals surface area contributed by atoms with E-state index in [1.165, 1.54) is 6.07 Å². The first-order chi connectivity index (χ1) is 13.5. The Morgan fingerprint density at radius 3 is 2.64 bits per heavy atom. The number of hydrogen-bond acceptors (Lipinski definition) is 5. The first-order valence-corrected chi connectivity index (χ1v) is 9.48. The standard InChI is InChI=1S/C22H17NO4S/c1-13-10-14(20(24)16(11-13)22(25)26)12-27-18-8-4-2-6-15(18)21-23-17-7-3-5-9-19(17)28-21/h2-11,24H,12H2,1H3,(H,25,26). The molecule has 140 valence electrons. The van der Waals surface area contributed by atoms with Gasteiger partial charge >= 0.3 is 5.97 Å². The normalized spacial score (nSPS) is 10.9. The number of para-hydroxylation sites is 2. The third-order valence-electron chi connectivity index (χ3n) is 4.36. The Bertz CT molecular complexity index is 1150. The smallest absolute Gasteiger partial charge is 0.339 e. The molecule has 0 aliphatic heterocycles. The molecule has 0 bridgehead atoms. The maximum absolute atomic E-state index is 11.3. The number of fused-ring (bicyclic) bond motifs is 1. The highest BCUT2D eigenvalue weighted by molar-refractivity contribution is 7.21. The number of aryl methyl sites for hydroxylation is 1. The predicted molar refractivity (Wildman–Crippen MR) is 109 cm³/mol. The number of thiazole rings is 1. The van der Waals surface area contributed by atoms with E-state index in [0.717, 1.165) is 26.4 Å². The highest BCUT2D eigenvalue weighted by Gasteiger charge is 2.16. The number of carbonyl (C=O) groups is 1. The quantitative estimate of drug-likeness (QED) is 0.485. The van der Waals surface area contributed by atoms with Gasteiger partial charge < -0.3 is 14.9 Å². The molecule has 0 spiro atoms. The second kappa shape index (κ2) is 7.32. The van der Waals surface area contributed by atoms with Gasteiger partial charge in [0, 0.05) is 5.56 Å². The van der Waals surface area contributed by atoms with Crippen LogP contribution in [-0.4, -0.2) is 21.2 Å². The van der Waals surface area contributed by atoms with E-state index < -0.39 is 5.97 Å². The molecule has 3 aromatic carbocycles. The maximum atomic E-state index is 11.3. The summed E-state index contributed by atoms with van der Waals surface area (Å²) in [5, 5.41) is 20.4.